The number of aromatic nitrogens is 2. The van der Waals surface area contributed by atoms with Crippen LogP contribution in [0.25, 0.3) is 0 Å². The number of aliphatic hydroxyl groups is 2. The van der Waals surface area contributed by atoms with Crippen LogP contribution in [0.1, 0.15) is 41.4 Å². The summed E-state index contributed by atoms with van der Waals surface area (Å²) >= 11 is 3.44. The number of halogens is 1. The van der Waals surface area contributed by atoms with Gasteiger partial charge < -0.3 is 20.8 Å². The minimum atomic E-state index is -1.06. The quantitative estimate of drug-likeness (QED) is 0.157. The third-order valence-corrected chi connectivity index (χ3v) is 5.43. The van der Waals surface area contributed by atoms with Gasteiger partial charge in [0.1, 0.15) is 11.4 Å². The number of hydrogen-bond acceptors (Lipinski definition) is 8. The maximum absolute atomic E-state index is 12.2. The molecule has 0 unspecified atom stereocenters. The first-order valence-electron chi connectivity index (χ1n) is 9.82. The summed E-state index contributed by atoms with van der Waals surface area (Å²) < 4.78 is 0.766. The number of hydrazine groups is 1. The van der Waals surface area contributed by atoms with Crippen molar-refractivity contribution in [3.63, 3.8) is 0 Å². The van der Waals surface area contributed by atoms with E-state index in [9.17, 15) is 15.0 Å². The van der Waals surface area contributed by atoms with Crippen molar-refractivity contribution in [3.05, 3.63) is 75.9 Å². The molecule has 0 bridgehead atoms. The second kappa shape index (κ2) is 10.0. The molecule has 2 aromatic carbocycles. The molecular formula is C22H25BrN6O3. The number of amides is 1. The molecule has 0 saturated heterocycles. The van der Waals surface area contributed by atoms with Crippen LogP contribution in [0.5, 0.6) is 0 Å². The van der Waals surface area contributed by atoms with Crippen LogP contribution < -0.4 is 21.9 Å². The average molecular weight is 501 g/mol. The summed E-state index contributed by atoms with van der Waals surface area (Å²) in [5.74, 6) is 5.15. The van der Waals surface area contributed by atoms with E-state index in [2.05, 4.69) is 42.0 Å². The first-order chi connectivity index (χ1) is 15.2. The fourth-order valence-electron chi connectivity index (χ4n) is 3.08. The van der Waals surface area contributed by atoms with Crippen molar-refractivity contribution in [1.29, 1.82) is 0 Å². The molecule has 3 aromatic rings. The van der Waals surface area contributed by atoms with Crippen LogP contribution in [0.4, 0.5) is 17.5 Å². The van der Waals surface area contributed by atoms with Gasteiger partial charge in [-0.3, -0.25) is 10.2 Å². The zero-order valence-electron chi connectivity index (χ0n) is 17.6. The maximum atomic E-state index is 12.2. The number of carbonyl (C=O) groups is 1. The van der Waals surface area contributed by atoms with E-state index in [0.29, 0.717) is 11.3 Å². The molecule has 0 saturated carbocycles. The molecule has 7 N–H and O–H groups in total. The van der Waals surface area contributed by atoms with Crippen molar-refractivity contribution < 1.29 is 15.0 Å². The number of nitrogens with one attached hydrogen (secondary N) is 3. The molecule has 0 aliphatic carbocycles. The second-order valence-electron chi connectivity index (χ2n) is 7.60. The Kier molecular flexibility index (Phi) is 7.41. The van der Waals surface area contributed by atoms with Gasteiger partial charge >= 0.3 is 0 Å². The van der Waals surface area contributed by atoms with Gasteiger partial charge in [0.05, 0.1) is 18.2 Å². The highest BCUT2D eigenvalue weighted by Gasteiger charge is 2.21. The number of benzene rings is 2. The third-order valence-electron chi connectivity index (χ3n) is 4.74. The van der Waals surface area contributed by atoms with Gasteiger partial charge in [0.15, 0.2) is 0 Å². The van der Waals surface area contributed by atoms with Crippen molar-refractivity contribution in [1.82, 2.24) is 15.4 Å². The second-order valence-corrected chi connectivity index (χ2v) is 8.45. The fourth-order valence-corrected chi connectivity index (χ4v) is 3.81. The van der Waals surface area contributed by atoms with Crippen LogP contribution in [0.15, 0.2) is 59.2 Å². The largest absolute Gasteiger partial charge is 0.394 e. The van der Waals surface area contributed by atoms with Gasteiger partial charge in [-0.15, -0.1) is 0 Å². The standard InChI is InChI=1S/C22H25BrN6O3/c1-22(2,32)16-10-14(8-9-17(16)23)26-21-25-11-15(20(31)29-24)19(28-21)27-18(12-30)13-6-4-3-5-7-13/h3-11,18,30,32H,12,24H2,1-2H3,(H,29,31)(H2,25,26,27,28)/t18-/m1/s1. The van der Waals surface area contributed by atoms with Crippen LogP contribution in [-0.4, -0.2) is 32.7 Å². The van der Waals surface area contributed by atoms with E-state index in [1.807, 2.05) is 36.4 Å². The van der Waals surface area contributed by atoms with Crippen molar-refractivity contribution in [3.8, 4) is 0 Å². The molecule has 168 valence electrons. The van der Waals surface area contributed by atoms with Gasteiger partial charge in [-0.1, -0.05) is 46.3 Å². The molecule has 1 amide bonds. The normalized spacial score (nSPS) is 12.2. The average Bonchev–Trinajstić information content (AvgIpc) is 2.78. The Morgan fingerprint density at radius 2 is 1.94 bits per heavy atom. The number of nitrogens with zero attached hydrogens (tertiary/aromatic N) is 2. The lowest BCUT2D eigenvalue weighted by atomic mass is 9.98. The fraction of sp³-hybridized carbons (Fsp3) is 0.227. The summed E-state index contributed by atoms with van der Waals surface area (Å²) in [7, 11) is 0. The molecule has 1 atom stereocenters. The molecule has 0 fully saturated rings. The molecule has 9 nitrogen and oxygen atoms in total. The number of carbonyl (C=O) groups excluding carboxylic acids is 1. The van der Waals surface area contributed by atoms with E-state index in [1.54, 1.807) is 26.0 Å². The number of nitrogen functional groups attached to an aromatic ring is 1. The number of aliphatic hydroxyl groups excluding tert-OH is 1. The van der Waals surface area contributed by atoms with Crippen LogP contribution in [-0.2, 0) is 5.60 Å². The van der Waals surface area contributed by atoms with Crippen molar-refractivity contribution in [2.75, 3.05) is 17.2 Å². The summed E-state index contributed by atoms with van der Waals surface area (Å²) in [4.78, 5) is 20.9. The maximum Gasteiger partial charge on any atom is 0.270 e. The SMILES string of the molecule is CC(C)(O)c1cc(Nc2ncc(C(=O)NN)c(N[C@H](CO)c3ccccc3)n2)ccc1Br. The van der Waals surface area contributed by atoms with Gasteiger partial charge in [0.25, 0.3) is 5.91 Å². The number of anilines is 3. The molecule has 1 aromatic heterocycles. The lowest BCUT2D eigenvalue weighted by Crippen LogP contribution is -2.31. The van der Waals surface area contributed by atoms with Crippen LogP contribution >= 0.6 is 15.9 Å². The summed E-state index contributed by atoms with van der Waals surface area (Å²) in [6.07, 6.45) is 1.34. The number of hydrogen-bond donors (Lipinski definition) is 6. The van der Waals surface area contributed by atoms with Gasteiger partial charge in [-0.25, -0.2) is 10.8 Å². The molecule has 0 aliphatic heterocycles. The molecule has 0 radical (unpaired) electrons. The number of nitrogens with two attached hydrogens (primary N) is 1. The Hall–Kier alpha value is -3.05. The minimum Gasteiger partial charge on any atom is -0.394 e. The zero-order chi connectivity index (χ0) is 23.3. The Balaban J connectivity index is 1.95. The Bertz CT molecular complexity index is 1090. The van der Waals surface area contributed by atoms with E-state index in [1.165, 1.54) is 6.20 Å². The van der Waals surface area contributed by atoms with E-state index in [-0.39, 0.29) is 23.9 Å². The summed E-state index contributed by atoms with van der Waals surface area (Å²) in [6.45, 7) is 3.16. The summed E-state index contributed by atoms with van der Waals surface area (Å²) in [5, 5.41) is 26.4. The molecule has 0 spiro atoms. The Labute approximate surface area is 194 Å². The predicted molar refractivity (Wildman–Crippen MR) is 126 cm³/mol. The van der Waals surface area contributed by atoms with Crippen LogP contribution in [0.3, 0.4) is 0 Å². The third kappa shape index (κ3) is 5.60. The Morgan fingerprint density at radius 1 is 1.22 bits per heavy atom. The van der Waals surface area contributed by atoms with Crippen molar-refractivity contribution in [2.45, 2.75) is 25.5 Å². The van der Waals surface area contributed by atoms with Gasteiger partial charge in [-0.05, 0) is 43.2 Å². The zero-order valence-corrected chi connectivity index (χ0v) is 19.2. The Morgan fingerprint density at radius 3 is 2.56 bits per heavy atom. The first kappa shape index (κ1) is 23.6. The first-order valence-corrected chi connectivity index (χ1v) is 10.6. The predicted octanol–water partition coefficient (Wildman–Crippen LogP) is 2.96. The molecular weight excluding hydrogens is 476 g/mol. The molecule has 32 heavy (non-hydrogen) atoms. The van der Waals surface area contributed by atoms with Crippen molar-refractivity contribution in [2.24, 2.45) is 5.84 Å². The lowest BCUT2D eigenvalue weighted by molar-refractivity contribution is 0.0778. The van der Waals surface area contributed by atoms with Crippen LogP contribution in [0.2, 0.25) is 0 Å². The van der Waals surface area contributed by atoms with Gasteiger partial charge in [-0.2, -0.15) is 4.98 Å². The van der Waals surface area contributed by atoms with Gasteiger partial charge in [0.2, 0.25) is 5.95 Å². The van der Waals surface area contributed by atoms with Crippen LogP contribution in [0, 0.1) is 0 Å². The molecule has 3 rings (SSSR count). The lowest BCUT2D eigenvalue weighted by Gasteiger charge is -2.21. The molecule has 10 heteroatoms. The molecule has 0 aliphatic rings. The monoisotopic (exact) mass is 500 g/mol. The van der Waals surface area contributed by atoms with E-state index < -0.39 is 17.6 Å². The summed E-state index contributed by atoms with van der Waals surface area (Å²) in [6, 6.07) is 14.2. The van der Waals surface area contributed by atoms with E-state index in [0.717, 1.165) is 10.0 Å². The molecule has 1 heterocycles. The minimum absolute atomic E-state index is 0.125. The van der Waals surface area contributed by atoms with Crippen molar-refractivity contribution >= 4 is 39.3 Å². The topological polar surface area (TPSA) is 145 Å². The van der Waals surface area contributed by atoms with E-state index >= 15 is 0 Å². The highest BCUT2D eigenvalue weighted by Crippen LogP contribution is 2.31. The highest BCUT2D eigenvalue weighted by atomic mass is 79.9. The van der Waals surface area contributed by atoms with E-state index in [4.69, 9.17) is 5.84 Å². The number of rotatable bonds is 8. The van der Waals surface area contributed by atoms with Gasteiger partial charge in [0, 0.05) is 16.4 Å². The summed E-state index contributed by atoms with van der Waals surface area (Å²) in [5.41, 5.74) is 3.30. The smallest absolute Gasteiger partial charge is 0.270 e. The highest BCUT2D eigenvalue weighted by molar-refractivity contribution is 9.10.